The summed E-state index contributed by atoms with van der Waals surface area (Å²) in [5.74, 6) is -1.00. The predicted molar refractivity (Wildman–Crippen MR) is 84.0 cm³/mol. The molecule has 2 N–H and O–H groups in total. The van der Waals surface area contributed by atoms with E-state index in [2.05, 4.69) is 47.4 Å². The molecule has 8 heteroatoms. The second-order valence-corrected chi connectivity index (χ2v) is 7.39. The first-order valence-electron chi connectivity index (χ1n) is 6.83. The molecule has 0 spiro atoms. The molecule has 22 heavy (non-hydrogen) atoms. The molecular weight excluding hydrogens is 484 g/mol. The topological polar surface area (TPSA) is 91.8 Å². The third kappa shape index (κ3) is 6.79. The normalized spacial score (nSPS) is 9.64. The first kappa shape index (κ1) is 20.9. The van der Waals surface area contributed by atoms with Crippen LogP contribution in [0.3, 0.4) is 0 Å². The zero-order valence-electron chi connectivity index (χ0n) is 12.8. The van der Waals surface area contributed by atoms with Crippen LogP contribution in [-0.4, -0.2) is 50.0 Å². The van der Waals surface area contributed by atoms with Gasteiger partial charge in [0.25, 0.3) is 0 Å². The van der Waals surface area contributed by atoms with Crippen molar-refractivity contribution in [1.29, 1.82) is 0 Å². The minimum atomic E-state index is -1.00. The number of aromatic nitrogens is 4. The maximum absolute atomic E-state index is 10.5. The number of carboxylic acid groups (broad SMARTS) is 1. The fourth-order valence-electron chi connectivity index (χ4n) is 1.63. The number of aromatic carboxylic acids is 1. The third-order valence-corrected chi connectivity index (χ3v) is 5.67. The Hall–Kier alpha value is -1.07. The Bertz CT molecular complexity index is 525. The Morgan fingerprint density at radius 3 is 2.23 bits per heavy atom. The van der Waals surface area contributed by atoms with E-state index in [1.807, 2.05) is 0 Å². The molecule has 2 aromatic rings. The van der Waals surface area contributed by atoms with Crippen LogP contribution in [0.15, 0.2) is 18.3 Å². The molecule has 0 atom stereocenters. The second-order valence-electron chi connectivity index (χ2n) is 4.16. The van der Waals surface area contributed by atoms with Gasteiger partial charge < -0.3 is 10.1 Å². The molecule has 0 saturated carbocycles. The smallest absolute Gasteiger partial charge is 0.478 e. The number of carboxylic acids is 1. The van der Waals surface area contributed by atoms with Crippen LogP contribution in [0.5, 0.6) is 0 Å². The van der Waals surface area contributed by atoms with E-state index in [1.165, 1.54) is 30.7 Å². The van der Waals surface area contributed by atoms with Crippen LogP contribution < -0.4 is 0 Å². The molecule has 0 radical (unpaired) electrons. The summed E-state index contributed by atoms with van der Waals surface area (Å²) in [6, 6.07) is 3.02. The van der Waals surface area contributed by atoms with Gasteiger partial charge in [-0.25, -0.2) is 9.89 Å². The Kier molecular flexibility index (Phi) is 10.9. The average Bonchev–Trinajstić information content (AvgIpc) is 3.04. The molecule has 0 aromatic carbocycles. The summed E-state index contributed by atoms with van der Waals surface area (Å²) < 4.78 is 0. The molecule has 124 valence electrons. The number of rotatable bonds is 5. The number of nitrogens with zero attached hydrogens (tertiary/aromatic N) is 3. The van der Waals surface area contributed by atoms with Crippen LogP contribution in [0, 0.1) is 6.20 Å². The van der Waals surface area contributed by atoms with E-state index in [0.29, 0.717) is 19.3 Å². The monoisotopic (exact) mass is 504 g/mol. The van der Waals surface area contributed by atoms with Crippen LogP contribution in [0.4, 0.5) is 0 Å². The van der Waals surface area contributed by atoms with Crippen molar-refractivity contribution in [1.82, 2.24) is 20.4 Å². The van der Waals surface area contributed by atoms with Crippen LogP contribution in [0.1, 0.15) is 31.1 Å². The minimum absolute atomic E-state index is 0. The van der Waals surface area contributed by atoms with Crippen LogP contribution >= 0.6 is 7.92 Å². The molecule has 0 aliphatic carbocycles. The SMILES string of the molecule is CCP(CC)CC.O=C(O)c1ccc(-c2[c-]nn[nH]2)nc1.[Au+]. The van der Waals surface area contributed by atoms with Gasteiger partial charge in [0.05, 0.1) is 5.56 Å². The zero-order chi connectivity index (χ0) is 15.7. The van der Waals surface area contributed by atoms with E-state index in [-0.39, 0.29) is 27.9 Å². The van der Waals surface area contributed by atoms with Crippen LogP contribution in [0.25, 0.3) is 11.4 Å². The van der Waals surface area contributed by atoms with E-state index in [0.717, 1.165) is 0 Å². The summed E-state index contributed by atoms with van der Waals surface area (Å²) in [4.78, 5) is 14.4. The maximum atomic E-state index is 10.5. The van der Waals surface area contributed by atoms with Crippen molar-refractivity contribution in [3.63, 3.8) is 0 Å². The fraction of sp³-hybridized carbons (Fsp3) is 0.429. The molecule has 2 aromatic heterocycles. The van der Waals surface area contributed by atoms with Gasteiger partial charge in [0.1, 0.15) is 0 Å². The van der Waals surface area contributed by atoms with E-state index >= 15 is 0 Å². The van der Waals surface area contributed by atoms with E-state index < -0.39 is 5.97 Å². The Morgan fingerprint density at radius 2 is 1.91 bits per heavy atom. The Labute approximate surface area is 147 Å². The van der Waals surface area contributed by atoms with E-state index in [1.54, 1.807) is 6.07 Å². The van der Waals surface area contributed by atoms with Gasteiger partial charge in [0.2, 0.25) is 0 Å². The van der Waals surface area contributed by atoms with Gasteiger partial charge in [0, 0.05) is 6.20 Å². The zero-order valence-corrected chi connectivity index (χ0v) is 15.9. The van der Waals surface area contributed by atoms with E-state index in [9.17, 15) is 4.79 Å². The van der Waals surface area contributed by atoms with Gasteiger partial charge in [-0.05, 0) is 18.5 Å². The summed E-state index contributed by atoms with van der Waals surface area (Å²) in [6.45, 7) is 6.87. The minimum Gasteiger partial charge on any atom is -0.478 e. The number of pyridine rings is 1. The summed E-state index contributed by atoms with van der Waals surface area (Å²) in [5.41, 5.74) is 1.23. The van der Waals surface area contributed by atoms with Gasteiger partial charge in [-0.3, -0.25) is 5.10 Å². The van der Waals surface area contributed by atoms with Gasteiger partial charge >= 0.3 is 28.3 Å². The Balaban J connectivity index is 0.000000478. The quantitative estimate of drug-likeness (QED) is 0.372. The third-order valence-electron chi connectivity index (χ3n) is 2.98. The average molecular weight is 504 g/mol. The van der Waals surface area contributed by atoms with Gasteiger partial charge in [-0.2, -0.15) is 0 Å². The number of hydrogen-bond acceptors (Lipinski definition) is 4. The van der Waals surface area contributed by atoms with Crippen molar-refractivity contribution in [3.05, 3.63) is 30.1 Å². The molecule has 0 saturated heterocycles. The number of H-pyrrole nitrogens is 1. The first-order chi connectivity index (χ1) is 10.1. The largest absolute Gasteiger partial charge is 1.00 e. The van der Waals surface area contributed by atoms with Crippen molar-refractivity contribution in [2.24, 2.45) is 0 Å². The number of nitrogens with one attached hydrogen (secondary N) is 1. The maximum Gasteiger partial charge on any atom is 1.00 e. The van der Waals surface area contributed by atoms with Crippen molar-refractivity contribution >= 4 is 13.9 Å². The fourth-order valence-corrected chi connectivity index (χ4v) is 2.97. The summed E-state index contributed by atoms with van der Waals surface area (Å²) in [7, 11) is 0.446. The molecular formula is C14H20AuN4O2P. The van der Waals surface area contributed by atoms with Crippen LogP contribution in [-0.2, 0) is 22.4 Å². The molecule has 2 heterocycles. The Morgan fingerprint density at radius 1 is 1.27 bits per heavy atom. The van der Waals surface area contributed by atoms with E-state index in [4.69, 9.17) is 5.11 Å². The number of hydrogen-bond donors (Lipinski definition) is 2. The van der Waals surface area contributed by atoms with Crippen molar-refractivity contribution in [2.75, 3.05) is 18.5 Å². The van der Waals surface area contributed by atoms with Crippen LogP contribution in [0.2, 0.25) is 0 Å². The molecule has 2 rings (SSSR count). The van der Waals surface area contributed by atoms with Crippen molar-refractivity contribution < 1.29 is 32.3 Å². The summed E-state index contributed by atoms with van der Waals surface area (Å²) in [5, 5.41) is 18.1. The second kappa shape index (κ2) is 11.5. The van der Waals surface area contributed by atoms with Crippen molar-refractivity contribution in [3.8, 4) is 11.4 Å². The first-order valence-corrected chi connectivity index (χ1v) is 8.72. The molecule has 0 aliphatic rings. The molecule has 0 amide bonds. The van der Waals surface area contributed by atoms with Gasteiger partial charge in [-0.1, -0.05) is 49.6 Å². The molecule has 0 unspecified atom stereocenters. The molecule has 0 fully saturated rings. The predicted octanol–water partition coefficient (Wildman–Crippen LogP) is 2.89. The van der Waals surface area contributed by atoms with Gasteiger partial charge in [-0.15, -0.1) is 14.0 Å². The standard InChI is InChI=1S/C8H5N4O2.C6H15P.Au/c13-8(14)5-1-2-6(9-3-5)7-4-10-12-11-7;1-4-7(5-2)6-3;/h1-3H,(H,13,14)(H,10,11,12);4-6H2,1-3H3;/q-1;;+1. The molecule has 0 bridgehead atoms. The molecule has 6 nitrogen and oxygen atoms in total. The molecule has 0 aliphatic heterocycles. The summed E-state index contributed by atoms with van der Waals surface area (Å²) >= 11 is 0. The van der Waals surface area contributed by atoms with Gasteiger partial charge in [0.15, 0.2) is 0 Å². The van der Waals surface area contributed by atoms with Crippen molar-refractivity contribution in [2.45, 2.75) is 20.8 Å². The number of aromatic amines is 1. The number of carbonyl (C=O) groups is 1. The summed E-state index contributed by atoms with van der Waals surface area (Å²) in [6.07, 6.45) is 8.10.